The number of amides is 2. The summed E-state index contributed by atoms with van der Waals surface area (Å²) < 4.78 is 25.9. The molecule has 1 N–H and O–H groups in total. The van der Waals surface area contributed by atoms with E-state index in [2.05, 4.69) is 5.32 Å². The minimum atomic E-state index is -0.728. The van der Waals surface area contributed by atoms with Crippen LogP contribution in [-0.4, -0.2) is 24.0 Å². The van der Waals surface area contributed by atoms with Gasteiger partial charge in [-0.15, -0.1) is 0 Å². The molecule has 184 valence electrons. The fraction of sp³-hybridized carbons (Fsp3) is 0.0690. The van der Waals surface area contributed by atoms with Crippen molar-refractivity contribution >= 4 is 51.7 Å². The van der Waals surface area contributed by atoms with E-state index in [4.69, 9.17) is 21.7 Å². The SMILES string of the molecule is COc1cc(/C=C2\C(=O)NC(=S)N(c3ccccc3F)C2=O)ccc1OCc1cccc2ccccc12. The second-order valence-electron chi connectivity index (χ2n) is 8.25. The normalized spacial score (nSPS) is 14.7. The van der Waals surface area contributed by atoms with Crippen molar-refractivity contribution in [1.82, 2.24) is 5.32 Å². The van der Waals surface area contributed by atoms with E-state index in [0.29, 0.717) is 23.7 Å². The van der Waals surface area contributed by atoms with E-state index >= 15 is 0 Å². The lowest BCUT2D eigenvalue weighted by molar-refractivity contribution is -0.122. The number of anilines is 1. The van der Waals surface area contributed by atoms with Gasteiger partial charge in [0.2, 0.25) is 0 Å². The second kappa shape index (κ2) is 10.2. The number of nitrogens with zero attached hydrogens (tertiary/aromatic N) is 1. The maximum atomic E-state index is 14.4. The first kappa shape index (κ1) is 24.1. The van der Waals surface area contributed by atoms with Crippen LogP contribution in [-0.2, 0) is 16.2 Å². The average molecular weight is 513 g/mol. The highest BCUT2D eigenvalue weighted by Crippen LogP contribution is 2.31. The highest BCUT2D eigenvalue weighted by molar-refractivity contribution is 7.80. The number of nitrogens with one attached hydrogen (secondary N) is 1. The third-order valence-corrected chi connectivity index (χ3v) is 6.24. The van der Waals surface area contributed by atoms with Crippen molar-refractivity contribution in [3.63, 3.8) is 0 Å². The zero-order valence-electron chi connectivity index (χ0n) is 19.7. The quantitative estimate of drug-likeness (QED) is 0.213. The topological polar surface area (TPSA) is 67.9 Å². The lowest BCUT2D eigenvalue weighted by Gasteiger charge is -2.29. The van der Waals surface area contributed by atoms with E-state index in [1.807, 2.05) is 42.5 Å². The van der Waals surface area contributed by atoms with Gasteiger partial charge >= 0.3 is 0 Å². The van der Waals surface area contributed by atoms with Crippen molar-refractivity contribution < 1.29 is 23.5 Å². The number of benzene rings is 4. The molecule has 4 aromatic rings. The molecule has 0 aliphatic carbocycles. The Labute approximate surface area is 217 Å². The number of para-hydroxylation sites is 1. The van der Waals surface area contributed by atoms with E-state index in [9.17, 15) is 14.0 Å². The number of hydrogen-bond acceptors (Lipinski definition) is 5. The average Bonchev–Trinajstić information content (AvgIpc) is 2.91. The molecule has 0 bridgehead atoms. The first-order valence-corrected chi connectivity index (χ1v) is 11.8. The van der Waals surface area contributed by atoms with Gasteiger partial charge in [-0.05, 0) is 64.5 Å². The molecule has 1 aliphatic heterocycles. The smallest absolute Gasteiger partial charge is 0.270 e. The Morgan fingerprint density at radius 2 is 1.70 bits per heavy atom. The molecule has 1 saturated heterocycles. The van der Waals surface area contributed by atoms with Crippen LogP contribution in [0.2, 0.25) is 0 Å². The Balaban J connectivity index is 1.41. The summed E-state index contributed by atoms with van der Waals surface area (Å²) in [6.45, 7) is 0.327. The second-order valence-corrected chi connectivity index (χ2v) is 8.63. The predicted molar refractivity (Wildman–Crippen MR) is 144 cm³/mol. The number of ether oxygens (including phenoxy) is 2. The van der Waals surface area contributed by atoms with E-state index < -0.39 is 17.6 Å². The Morgan fingerprint density at radius 3 is 2.51 bits per heavy atom. The standard InChI is InChI=1S/C29H21FN2O4S/c1-35-26-16-18(13-14-25(26)36-17-20-9-6-8-19-7-2-3-10-21(19)20)15-22-27(33)31-29(37)32(28(22)34)24-12-5-4-11-23(24)30/h2-16H,17H2,1H3,(H,31,33,37)/b22-15+. The molecule has 0 atom stereocenters. The number of hydrogen-bond donors (Lipinski definition) is 1. The van der Waals surface area contributed by atoms with E-state index in [1.165, 1.54) is 31.4 Å². The highest BCUT2D eigenvalue weighted by Gasteiger charge is 2.35. The molecule has 0 aromatic heterocycles. The molecule has 8 heteroatoms. The first-order valence-electron chi connectivity index (χ1n) is 11.4. The molecule has 6 nitrogen and oxygen atoms in total. The monoisotopic (exact) mass is 512 g/mol. The van der Waals surface area contributed by atoms with Crippen LogP contribution in [0.5, 0.6) is 11.5 Å². The van der Waals surface area contributed by atoms with Crippen LogP contribution in [0.3, 0.4) is 0 Å². The number of carbonyl (C=O) groups is 2. The fourth-order valence-corrected chi connectivity index (χ4v) is 4.42. The molecule has 2 amide bonds. The molecule has 1 heterocycles. The maximum absolute atomic E-state index is 14.4. The molecule has 0 saturated carbocycles. The van der Waals surface area contributed by atoms with Gasteiger partial charge in [0.25, 0.3) is 11.8 Å². The van der Waals surface area contributed by atoms with Crippen LogP contribution in [0, 0.1) is 5.82 Å². The van der Waals surface area contributed by atoms with Gasteiger partial charge < -0.3 is 9.47 Å². The summed E-state index contributed by atoms with van der Waals surface area (Å²) in [7, 11) is 1.51. The number of halogens is 1. The molecular weight excluding hydrogens is 491 g/mol. The summed E-state index contributed by atoms with van der Waals surface area (Å²) in [5, 5.41) is 4.49. The van der Waals surface area contributed by atoms with Crippen LogP contribution >= 0.6 is 12.2 Å². The first-order chi connectivity index (χ1) is 18.0. The van der Waals surface area contributed by atoms with Gasteiger partial charge in [-0.3, -0.25) is 14.9 Å². The van der Waals surface area contributed by atoms with Gasteiger partial charge in [-0.25, -0.2) is 9.29 Å². The molecular formula is C29H21FN2O4S. The summed E-state index contributed by atoms with van der Waals surface area (Å²) in [5.74, 6) is -1.10. The van der Waals surface area contributed by atoms with Gasteiger partial charge in [-0.1, -0.05) is 60.7 Å². The van der Waals surface area contributed by atoms with Crippen LogP contribution < -0.4 is 19.7 Å². The molecule has 0 radical (unpaired) electrons. The van der Waals surface area contributed by atoms with Crippen molar-refractivity contribution in [2.45, 2.75) is 6.61 Å². The van der Waals surface area contributed by atoms with E-state index in [-0.39, 0.29) is 16.4 Å². The molecule has 37 heavy (non-hydrogen) atoms. The van der Waals surface area contributed by atoms with Gasteiger partial charge in [0.15, 0.2) is 16.6 Å². The summed E-state index contributed by atoms with van der Waals surface area (Å²) in [6.07, 6.45) is 1.41. The van der Waals surface area contributed by atoms with Crippen molar-refractivity contribution in [3.8, 4) is 11.5 Å². The molecule has 1 aliphatic rings. The van der Waals surface area contributed by atoms with Crippen molar-refractivity contribution in [1.29, 1.82) is 0 Å². The maximum Gasteiger partial charge on any atom is 0.270 e. The number of fused-ring (bicyclic) bond motifs is 1. The van der Waals surface area contributed by atoms with Crippen LogP contribution in [0.25, 0.3) is 16.8 Å². The number of methoxy groups -OCH3 is 1. The zero-order valence-corrected chi connectivity index (χ0v) is 20.6. The van der Waals surface area contributed by atoms with Gasteiger partial charge in [0.1, 0.15) is 18.0 Å². The van der Waals surface area contributed by atoms with Gasteiger partial charge in [0.05, 0.1) is 12.8 Å². The number of thiocarbonyl (C=S) groups is 1. The predicted octanol–water partition coefficient (Wildman–Crippen LogP) is 5.40. The molecule has 0 spiro atoms. The third kappa shape index (κ3) is 4.79. The minimum Gasteiger partial charge on any atom is -0.493 e. The number of carbonyl (C=O) groups excluding carboxylic acids is 2. The van der Waals surface area contributed by atoms with Crippen molar-refractivity contribution in [2.24, 2.45) is 0 Å². The van der Waals surface area contributed by atoms with E-state index in [0.717, 1.165) is 21.2 Å². The van der Waals surface area contributed by atoms with Crippen LogP contribution in [0.4, 0.5) is 10.1 Å². The van der Waals surface area contributed by atoms with Crippen LogP contribution in [0.15, 0.2) is 90.5 Å². The van der Waals surface area contributed by atoms with Gasteiger partial charge in [0, 0.05) is 0 Å². The van der Waals surface area contributed by atoms with Crippen molar-refractivity contribution in [3.05, 3.63) is 107 Å². The Kier molecular flexibility index (Phi) is 6.66. The molecule has 4 aromatic carbocycles. The van der Waals surface area contributed by atoms with Crippen molar-refractivity contribution in [2.75, 3.05) is 12.0 Å². The Morgan fingerprint density at radius 1 is 0.946 bits per heavy atom. The summed E-state index contributed by atoms with van der Waals surface area (Å²) in [6, 6.07) is 24.9. The summed E-state index contributed by atoms with van der Waals surface area (Å²) in [5.41, 5.74) is 1.32. The molecule has 1 fully saturated rings. The minimum absolute atomic E-state index is 0.0434. The molecule has 5 rings (SSSR count). The van der Waals surface area contributed by atoms with Crippen LogP contribution in [0.1, 0.15) is 11.1 Å². The highest BCUT2D eigenvalue weighted by atomic mass is 32.1. The van der Waals surface area contributed by atoms with E-state index in [1.54, 1.807) is 24.3 Å². The fourth-order valence-electron chi connectivity index (χ4n) is 4.14. The molecule has 0 unspecified atom stereocenters. The largest absolute Gasteiger partial charge is 0.493 e. The Bertz CT molecular complexity index is 1580. The Hall–Kier alpha value is -4.56. The van der Waals surface area contributed by atoms with Gasteiger partial charge in [-0.2, -0.15) is 0 Å². The summed E-state index contributed by atoms with van der Waals surface area (Å²) in [4.78, 5) is 26.8. The third-order valence-electron chi connectivity index (χ3n) is 5.96. The zero-order chi connectivity index (χ0) is 25.9. The number of rotatable bonds is 6. The lowest BCUT2D eigenvalue weighted by atomic mass is 10.1. The lowest BCUT2D eigenvalue weighted by Crippen LogP contribution is -2.54. The summed E-state index contributed by atoms with van der Waals surface area (Å²) >= 11 is 5.14.